The fourth-order valence-electron chi connectivity index (χ4n) is 2.91. The third kappa shape index (κ3) is 1.59. The molecule has 0 aromatic heterocycles. The lowest BCUT2D eigenvalue weighted by atomic mass is 9.88. The van der Waals surface area contributed by atoms with E-state index in [0.29, 0.717) is 5.92 Å². The number of carbonyl (C=O) groups excluding carboxylic acids is 1. The van der Waals surface area contributed by atoms with Crippen molar-refractivity contribution in [3.63, 3.8) is 0 Å². The van der Waals surface area contributed by atoms with Crippen LogP contribution in [0.25, 0.3) is 0 Å². The number of amides is 1. The number of benzene rings is 1. The summed E-state index contributed by atoms with van der Waals surface area (Å²) in [7, 11) is 0. The van der Waals surface area contributed by atoms with Crippen molar-refractivity contribution in [1.29, 1.82) is 0 Å². The number of rotatable bonds is 0. The van der Waals surface area contributed by atoms with Gasteiger partial charge in [-0.3, -0.25) is 4.79 Å². The Labute approximate surface area is 99.6 Å². The molecule has 0 radical (unpaired) electrons. The summed E-state index contributed by atoms with van der Waals surface area (Å²) in [5.41, 5.74) is 1.54. The highest BCUT2D eigenvalue weighted by Crippen LogP contribution is 2.38. The molecule has 1 fully saturated rings. The topological polar surface area (TPSA) is 32.3 Å². The summed E-state index contributed by atoms with van der Waals surface area (Å²) in [6.45, 7) is 2.92. The van der Waals surface area contributed by atoms with E-state index in [2.05, 4.69) is 12.2 Å². The van der Waals surface area contributed by atoms with Crippen LogP contribution in [-0.2, 0) is 4.79 Å². The first-order valence-corrected chi connectivity index (χ1v) is 6.04. The molecule has 0 bridgehead atoms. The molecule has 3 rings (SSSR count). The highest BCUT2D eigenvalue weighted by molar-refractivity contribution is 6.03. The van der Waals surface area contributed by atoms with Gasteiger partial charge in [0, 0.05) is 6.54 Å². The molecule has 2 atom stereocenters. The van der Waals surface area contributed by atoms with Crippen molar-refractivity contribution in [3.8, 4) is 0 Å². The summed E-state index contributed by atoms with van der Waals surface area (Å²) in [6.07, 6.45) is 2.11. The van der Waals surface area contributed by atoms with E-state index in [1.807, 2.05) is 4.90 Å². The van der Waals surface area contributed by atoms with E-state index >= 15 is 0 Å². The van der Waals surface area contributed by atoms with E-state index in [0.717, 1.165) is 30.8 Å². The quantitative estimate of drug-likeness (QED) is 0.747. The van der Waals surface area contributed by atoms with Crippen molar-refractivity contribution in [2.75, 3.05) is 16.8 Å². The molecule has 0 aliphatic carbocycles. The van der Waals surface area contributed by atoms with E-state index < -0.39 is 0 Å². The highest BCUT2D eigenvalue weighted by Gasteiger charge is 2.38. The summed E-state index contributed by atoms with van der Waals surface area (Å²) < 4.78 is 13.3. The van der Waals surface area contributed by atoms with Gasteiger partial charge in [-0.25, -0.2) is 4.39 Å². The number of carbonyl (C=O) groups is 1. The van der Waals surface area contributed by atoms with Crippen LogP contribution < -0.4 is 10.2 Å². The second-order valence-electron chi connectivity index (χ2n) is 4.91. The molecular weight excluding hydrogens is 219 g/mol. The van der Waals surface area contributed by atoms with Gasteiger partial charge in [0.05, 0.1) is 11.4 Å². The molecule has 1 aromatic carbocycles. The van der Waals surface area contributed by atoms with Gasteiger partial charge in [0.25, 0.3) is 0 Å². The summed E-state index contributed by atoms with van der Waals surface area (Å²) in [6, 6.07) is 4.39. The smallest absolute Gasteiger partial charge is 0.247 e. The van der Waals surface area contributed by atoms with Gasteiger partial charge in [-0.2, -0.15) is 0 Å². The third-order valence-electron chi connectivity index (χ3n) is 3.73. The Kier molecular flexibility index (Phi) is 2.31. The Morgan fingerprint density at radius 1 is 1.47 bits per heavy atom. The van der Waals surface area contributed by atoms with E-state index in [4.69, 9.17) is 0 Å². The van der Waals surface area contributed by atoms with Gasteiger partial charge in [0.2, 0.25) is 5.91 Å². The van der Waals surface area contributed by atoms with Crippen LogP contribution in [0.3, 0.4) is 0 Å². The predicted molar refractivity (Wildman–Crippen MR) is 64.6 cm³/mol. The predicted octanol–water partition coefficient (Wildman–Crippen LogP) is 2.38. The van der Waals surface area contributed by atoms with Crippen LogP contribution in [0.15, 0.2) is 18.2 Å². The van der Waals surface area contributed by atoms with Crippen molar-refractivity contribution in [1.82, 2.24) is 0 Å². The van der Waals surface area contributed by atoms with Gasteiger partial charge in [0.1, 0.15) is 11.9 Å². The van der Waals surface area contributed by atoms with Gasteiger partial charge >= 0.3 is 0 Å². The largest absolute Gasteiger partial charge is 0.358 e. The SMILES string of the molecule is CC1CCCN2c3cc(F)ccc3NC(=O)C12. The van der Waals surface area contributed by atoms with Crippen LogP contribution in [0.4, 0.5) is 15.8 Å². The van der Waals surface area contributed by atoms with Gasteiger partial charge in [-0.15, -0.1) is 0 Å². The Hall–Kier alpha value is -1.58. The first-order chi connectivity index (χ1) is 8.16. The van der Waals surface area contributed by atoms with E-state index in [-0.39, 0.29) is 17.8 Å². The zero-order valence-electron chi connectivity index (χ0n) is 9.74. The lowest BCUT2D eigenvalue weighted by molar-refractivity contribution is -0.119. The lowest BCUT2D eigenvalue weighted by Crippen LogP contribution is -2.54. The summed E-state index contributed by atoms with van der Waals surface area (Å²) in [5.74, 6) is 0.105. The molecule has 90 valence electrons. The number of nitrogens with zero attached hydrogens (tertiary/aromatic N) is 1. The number of hydrogen-bond donors (Lipinski definition) is 1. The third-order valence-corrected chi connectivity index (χ3v) is 3.73. The molecule has 1 N–H and O–H groups in total. The lowest BCUT2D eigenvalue weighted by Gasteiger charge is -2.44. The summed E-state index contributed by atoms with van der Waals surface area (Å²) in [4.78, 5) is 14.1. The van der Waals surface area contributed by atoms with Gasteiger partial charge in [-0.1, -0.05) is 6.92 Å². The Bertz CT molecular complexity index is 474. The van der Waals surface area contributed by atoms with Crippen molar-refractivity contribution in [2.45, 2.75) is 25.8 Å². The summed E-state index contributed by atoms with van der Waals surface area (Å²) >= 11 is 0. The molecule has 2 aliphatic rings. The van der Waals surface area contributed by atoms with Crippen LogP contribution in [0.5, 0.6) is 0 Å². The molecule has 2 unspecified atom stereocenters. The number of halogens is 1. The molecule has 1 amide bonds. The van der Waals surface area contributed by atoms with Crippen LogP contribution in [0.1, 0.15) is 19.8 Å². The highest BCUT2D eigenvalue weighted by atomic mass is 19.1. The number of nitrogens with one attached hydrogen (secondary N) is 1. The van der Waals surface area contributed by atoms with Crippen LogP contribution in [0.2, 0.25) is 0 Å². The molecule has 17 heavy (non-hydrogen) atoms. The van der Waals surface area contributed by atoms with Crippen molar-refractivity contribution in [3.05, 3.63) is 24.0 Å². The van der Waals surface area contributed by atoms with Crippen molar-refractivity contribution >= 4 is 17.3 Å². The first-order valence-electron chi connectivity index (χ1n) is 6.04. The Morgan fingerprint density at radius 2 is 2.29 bits per heavy atom. The maximum Gasteiger partial charge on any atom is 0.247 e. The van der Waals surface area contributed by atoms with Gasteiger partial charge in [-0.05, 0) is 37.0 Å². The number of anilines is 2. The molecule has 0 saturated carbocycles. The zero-order chi connectivity index (χ0) is 12.0. The Balaban J connectivity index is 2.08. The molecule has 3 nitrogen and oxygen atoms in total. The van der Waals surface area contributed by atoms with Crippen molar-refractivity contribution in [2.24, 2.45) is 5.92 Å². The van der Waals surface area contributed by atoms with Crippen LogP contribution >= 0.6 is 0 Å². The fourth-order valence-corrected chi connectivity index (χ4v) is 2.91. The molecule has 4 heteroatoms. The average molecular weight is 234 g/mol. The first kappa shape index (κ1) is 10.6. The average Bonchev–Trinajstić information content (AvgIpc) is 2.30. The minimum absolute atomic E-state index is 0.0382. The van der Waals surface area contributed by atoms with E-state index in [1.165, 1.54) is 12.1 Å². The fraction of sp³-hybridized carbons (Fsp3) is 0.462. The molecule has 1 saturated heterocycles. The molecule has 1 aromatic rings. The van der Waals surface area contributed by atoms with E-state index in [1.54, 1.807) is 6.07 Å². The normalized spacial score (nSPS) is 27.2. The van der Waals surface area contributed by atoms with Crippen molar-refractivity contribution < 1.29 is 9.18 Å². The number of hydrogen-bond acceptors (Lipinski definition) is 2. The zero-order valence-corrected chi connectivity index (χ0v) is 9.74. The molecule has 0 spiro atoms. The maximum absolute atomic E-state index is 13.3. The monoisotopic (exact) mass is 234 g/mol. The minimum atomic E-state index is -0.253. The van der Waals surface area contributed by atoms with Crippen LogP contribution in [-0.4, -0.2) is 18.5 Å². The van der Waals surface area contributed by atoms with E-state index in [9.17, 15) is 9.18 Å². The second-order valence-corrected chi connectivity index (χ2v) is 4.91. The molecular formula is C13H15FN2O. The molecule has 2 heterocycles. The standard InChI is InChI=1S/C13H15FN2O/c1-8-3-2-6-16-11-7-9(14)4-5-10(11)15-13(17)12(8)16/h4-5,7-8,12H,2-3,6H2,1H3,(H,15,17). The second kappa shape index (κ2) is 3.72. The number of fused-ring (bicyclic) bond motifs is 3. The maximum atomic E-state index is 13.3. The molecule has 2 aliphatic heterocycles. The summed E-state index contributed by atoms with van der Waals surface area (Å²) in [5, 5.41) is 2.87. The van der Waals surface area contributed by atoms with Gasteiger partial charge < -0.3 is 10.2 Å². The van der Waals surface area contributed by atoms with Crippen LogP contribution in [0, 0.1) is 11.7 Å². The Morgan fingerprint density at radius 3 is 3.12 bits per heavy atom. The van der Waals surface area contributed by atoms with Gasteiger partial charge in [0.15, 0.2) is 0 Å². The number of piperidine rings is 1. The minimum Gasteiger partial charge on any atom is -0.358 e.